The summed E-state index contributed by atoms with van der Waals surface area (Å²) in [6.07, 6.45) is 2.57. The van der Waals surface area contributed by atoms with Crippen LogP contribution in [0.1, 0.15) is 11.1 Å². The zero-order chi connectivity index (χ0) is 8.97. The van der Waals surface area contributed by atoms with Crippen LogP contribution in [0.25, 0.3) is 6.08 Å². The zero-order valence-corrected chi connectivity index (χ0v) is 7.64. The second-order valence-corrected chi connectivity index (χ2v) is 2.94. The Morgan fingerprint density at radius 3 is 2.83 bits per heavy atom. The first kappa shape index (κ1) is 9.30. The maximum Gasteiger partial charge on any atom is 0.0510 e. The van der Waals surface area contributed by atoms with Gasteiger partial charge in [0.05, 0.1) is 5.02 Å². The van der Waals surface area contributed by atoms with Gasteiger partial charge in [-0.3, -0.25) is 0 Å². The SMILES string of the molecule is C=Cc1cccc(CCN)c1Cl. The van der Waals surface area contributed by atoms with E-state index in [-0.39, 0.29) is 0 Å². The van der Waals surface area contributed by atoms with E-state index in [1.165, 1.54) is 0 Å². The van der Waals surface area contributed by atoms with Gasteiger partial charge in [0.1, 0.15) is 0 Å². The molecule has 2 heteroatoms. The summed E-state index contributed by atoms with van der Waals surface area (Å²) in [4.78, 5) is 0. The van der Waals surface area contributed by atoms with Gasteiger partial charge in [0.25, 0.3) is 0 Å². The molecule has 1 aromatic carbocycles. The lowest BCUT2D eigenvalue weighted by atomic mass is 10.1. The molecular formula is C10H12ClN. The van der Waals surface area contributed by atoms with Crippen molar-refractivity contribution in [2.75, 3.05) is 6.54 Å². The van der Waals surface area contributed by atoms with Crippen LogP contribution in [0.4, 0.5) is 0 Å². The second-order valence-electron chi connectivity index (χ2n) is 2.56. The van der Waals surface area contributed by atoms with Crippen molar-refractivity contribution in [2.45, 2.75) is 6.42 Å². The van der Waals surface area contributed by atoms with Gasteiger partial charge >= 0.3 is 0 Å². The summed E-state index contributed by atoms with van der Waals surface area (Å²) in [5.74, 6) is 0. The van der Waals surface area contributed by atoms with E-state index < -0.39 is 0 Å². The van der Waals surface area contributed by atoms with E-state index in [4.69, 9.17) is 17.3 Å². The lowest BCUT2D eigenvalue weighted by Crippen LogP contribution is -2.03. The Hall–Kier alpha value is -0.790. The van der Waals surface area contributed by atoms with Gasteiger partial charge in [-0.15, -0.1) is 0 Å². The minimum Gasteiger partial charge on any atom is -0.330 e. The van der Waals surface area contributed by atoms with Gasteiger partial charge < -0.3 is 5.73 Å². The normalized spacial score (nSPS) is 9.83. The van der Waals surface area contributed by atoms with E-state index in [0.29, 0.717) is 6.54 Å². The van der Waals surface area contributed by atoms with Crippen LogP contribution >= 0.6 is 11.6 Å². The lowest BCUT2D eigenvalue weighted by molar-refractivity contribution is 0.968. The maximum atomic E-state index is 6.06. The average Bonchev–Trinajstić information content (AvgIpc) is 2.09. The van der Waals surface area contributed by atoms with E-state index in [9.17, 15) is 0 Å². The molecule has 0 saturated heterocycles. The number of hydrogen-bond acceptors (Lipinski definition) is 1. The molecule has 0 radical (unpaired) electrons. The third kappa shape index (κ3) is 1.87. The summed E-state index contributed by atoms with van der Waals surface area (Å²) >= 11 is 6.06. The van der Waals surface area contributed by atoms with Crippen molar-refractivity contribution in [2.24, 2.45) is 5.73 Å². The highest BCUT2D eigenvalue weighted by Gasteiger charge is 2.01. The summed E-state index contributed by atoms with van der Waals surface area (Å²) in [6, 6.07) is 5.89. The van der Waals surface area contributed by atoms with Crippen LogP contribution in [0, 0.1) is 0 Å². The van der Waals surface area contributed by atoms with Gasteiger partial charge in [0, 0.05) is 0 Å². The minimum absolute atomic E-state index is 0.625. The Bertz CT molecular complexity index is 281. The molecule has 12 heavy (non-hydrogen) atoms. The Morgan fingerprint density at radius 2 is 2.25 bits per heavy atom. The summed E-state index contributed by atoms with van der Waals surface area (Å²) in [6.45, 7) is 4.30. The fourth-order valence-corrected chi connectivity index (χ4v) is 1.40. The number of benzene rings is 1. The van der Waals surface area contributed by atoms with E-state index in [0.717, 1.165) is 22.6 Å². The Labute approximate surface area is 77.8 Å². The van der Waals surface area contributed by atoms with Crippen molar-refractivity contribution in [1.29, 1.82) is 0 Å². The fraction of sp³-hybridized carbons (Fsp3) is 0.200. The highest BCUT2D eigenvalue weighted by molar-refractivity contribution is 6.32. The molecule has 0 spiro atoms. The van der Waals surface area contributed by atoms with Gasteiger partial charge in [0.15, 0.2) is 0 Å². The Kier molecular flexibility index (Phi) is 3.32. The van der Waals surface area contributed by atoms with Crippen LogP contribution in [0.5, 0.6) is 0 Å². The third-order valence-electron chi connectivity index (χ3n) is 1.74. The molecule has 2 N–H and O–H groups in total. The molecule has 0 amide bonds. The number of hydrogen-bond donors (Lipinski definition) is 1. The fourth-order valence-electron chi connectivity index (χ4n) is 1.11. The predicted octanol–water partition coefficient (Wildman–Crippen LogP) is 2.48. The van der Waals surface area contributed by atoms with E-state index in [1.807, 2.05) is 18.2 Å². The molecule has 1 aromatic rings. The molecule has 1 rings (SSSR count). The first-order chi connectivity index (χ1) is 5.79. The zero-order valence-electron chi connectivity index (χ0n) is 6.89. The van der Waals surface area contributed by atoms with Crippen molar-refractivity contribution in [3.63, 3.8) is 0 Å². The van der Waals surface area contributed by atoms with Crippen LogP contribution < -0.4 is 5.73 Å². The van der Waals surface area contributed by atoms with Crippen molar-refractivity contribution < 1.29 is 0 Å². The van der Waals surface area contributed by atoms with Crippen LogP contribution in [0.2, 0.25) is 5.02 Å². The number of rotatable bonds is 3. The molecule has 0 atom stereocenters. The highest BCUT2D eigenvalue weighted by Crippen LogP contribution is 2.21. The molecule has 0 saturated carbocycles. The van der Waals surface area contributed by atoms with Crippen LogP contribution in [0.15, 0.2) is 24.8 Å². The average molecular weight is 182 g/mol. The second kappa shape index (κ2) is 4.29. The van der Waals surface area contributed by atoms with Crippen LogP contribution in [-0.4, -0.2) is 6.54 Å². The molecule has 0 aliphatic rings. The predicted molar refractivity (Wildman–Crippen MR) is 54.3 cm³/mol. The summed E-state index contributed by atoms with van der Waals surface area (Å²) in [5.41, 5.74) is 7.51. The summed E-state index contributed by atoms with van der Waals surface area (Å²) < 4.78 is 0. The smallest absolute Gasteiger partial charge is 0.0510 e. The molecule has 64 valence electrons. The topological polar surface area (TPSA) is 26.0 Å². The summed E-state index contributed by atoms with van der Waals surface area (Å²) in [7, 11) is 0. The maximum absolute atomic E-state index is 6.06. The van der Waals surface area contributed by atoms with Gasteiger partial charge in [-0.1, -0.05) is 42.5 Å². The molecule has 1 nitrogen and oxygen atoms in total. The van der Waals surface area contributed by atoms with Crippen molar-refractivity contribution >= 4 is 17.7 Å². The summed E-state index contributed by atoms with van der Waals surface area (Å²) in [5, 5.41) is 0.776. The monoisotopic (exact) mass is 181 g/mol. The third-order valence-corrected chi connectivity index (χ3v) is 2.20. The van der Waals surface area contributed by atoms with Crippen LogP contribution in [-0.2, 0) is 6.42 Å². The molecular weight excluding hydrogens is 170 g/mol. The largest absolute Gasteiger partial charge is 0.330 e. The first-order valence-corrected chi connectivity index (χ1v) is 4.27. The minimum atomic E-state index is 0.625. The van der Waals surface area contributed by atoms with Crippen molar-refractivity contribution in [3.8, 4) is 0 Å². The quantitative estimate of drug-likeness (QED) is 0.762. The molecule has 0 aliphatic carbocycles. The van der Waals surface area contributed by atoms with E-state index >= 15 is 0 Å². The van der Waals surface area contributed by atoms with Gasteiger partial charge in [-0.25, -0.2) is 0 Å². The van der Waals surface area contributed by atoms with E-state index in [1.54, 1.807) is 6.08 Å². The van der Waals surface area contributed by atoms with Crippen molar-refractivity contribution in [3.05, 3.63) is 40.9 Å². The lowest BCUT2D eigenvalue weighted by Gasteiger charge is -2.04. The molecule has 0 unspecified atom stereocenters. The molecule has 0 heterocycles. The molecule has 0 aliphatic heterocycles. The Morgan fingerprint density at radius 1 is 1.50 bits per heavy atom. The van der Waals surface area contributed by atoms with Gasteiger partial charge in [-0.05, 0) is 24.1 Å². The molecule has 0 fully saturated rings. The molecule has 0 aromatic heterocycles. The van der Waals surface area contributed by atoms with E-state index in [2.05, 4.69) is 6.58 Å². The van der Waals surface area contributed by atoms with Gasteiger partial charge in [-0.2, -0.15) is 0 Å². The Balaban J connectivity index is 3.04. The first-order valence-electron chi connectivity index (χ1n) is 3.89. The standard InChI is InChI=1S/C10H12ClN/c1-2-8-4-3-5-9(6-7-12)10(8)11/h2-5H,1,6-7,12H2. The van der Waals surface area contributed by atoms with Gasteiger partial charge in [0.2, 0.25) is 0 Å². The number of halogens is 1. The van der Waals surface area contributed by atoms with Crippen LogP contribution in [0.3, 0.4) is 0 Å². The molecule has 0 bridgehead atoms. The highest BCUT2D eigenvalue weighted by atomic mass is 35.5. The number of nitrogens with two attached hydrogens (primary N) is 1. The van der Waals surface area contributed by atoms with Crippen molar-refractivity contribution in [1.82, 2.24) is 0 Å².